The maximum atomic E-state index is 13.1. The minimum atomic E-state index is -2.94. The monoisotopic (exact) mass is 222 g/mol. The Morgan fingerprint density at radius 2 is 1.80 bits per heavy atom. The molecule has 0 aliphatic heterocycles. The zero-order valence-electron chi connectivity index (χ0n) is 10.1. The molecule has 0 bridgehead atoms. The normalized spacial score (nSPS) is 13.1. The maximum absolute atomic E-state index is 13.1. The molecule has 0 spiro atoms. The number of carbonyl (C=O) groups is 1. The van der Waals surface area contributed by atoms with Gasteiger partial charge in [-0.05, 0) is 20.3 Å². The van der Waals surface area contributed by atoms with Crippen LogP contribution in [0.4, 0.5) is 8.78 Å². The van der Waals surface area contributed by atoms with Gasteiger partial charge >= 0.3 is 5.97 Å². The van der Waals surface area contributed by atoms with E-state index in [2.05, 4.69) is 4.74 Å². The zero-order valence-corrected chi connectivity index (χ0v) is 10.1. The summed E-state index contributed by atoms with van der Waals surface area (Å²) in [6, 6.07) is 0. The van der Waals surface area contributed by atoms with Gasteiger partial charge in [0.05, 0.1) is 5.41 Å². The largest absolute Gasteiger partial charge is 0.459 e. The average Bonchev–Trinajstić information content (AvgIpc) is 2.13. The summed E-state index contributed by atoms with van der Waals surface area (Å²) in [6.45, 7) is 7.16. The first-order valence-corrected chi connectivity index (χ1v) is 5.18. The summed E-state index contributed by atoms with van der Waals surface area (Å²) in [4.78, 5) is 11.4. The second kappa shape index (κ2) is 4.90. The van der Waals surface area contributed by atoms with E-state index in [0.717, 1.165) is 0 Å². The molecular weight excluding hydrogens is 202 g/mol. The van der Waals surface area contributed by atoms with E-state index in [9.17, 15) is 13.6 Å². The van der Waals surface area contributed by atoms with Gasteiger partial charge in [0.25, 0.3) is 5.92 Å². The van der Waals surface area contributed by atoms with Crippen molar-refractivity contribution >= 4 is 5.97 Å². The Morgan fingerprint density at radius 1 is 1.33 bits per heavy atom. The van der Waals surface area contributed by atoms with Crippen molar-refractivity contribution in [3.8, 4) is 0 Å². The third kappa shape index (κ3) is 4.14. The van der Waals surface area contributed by atoms with Crippen molar-refractivity contribution in [2.45, 2.75) is 47.0 Å². The molecule has 0 saturated heterocycles. The fraction of sp³-hybridized carbons (Fsp3) is 0.909. The van der Waals surface area contributed by atoms with E-state index in [1.54, 1.807) is 13.8 Å². The van der Waals surface area contributed by atoms with Crippen LogP contribution in [0.5, 0.6) is 0 Å². The minimum Gasteiger partial charge on any atom is -0.459 e. The molecule has 0 heterocycles. The number of ether oxygens (including phenoxy) is 1. The SMILES string of the molecule is CCC(C)(C)C(=O)OCC(F)(F)C(C)C. The van der Waals surface area contributed by atoms with Crippen molar-refractivity contribution in [3.05, 3.63) is 0 Å². The Labute approximate surface area is 90.0 Å². The second-order valence-corrected chi connectivity index (χ2v) is 4.73. The quantitative estimate of drug-likeness (QED) is 0.667. The van der Waals surface area contributed by atoms with E-state index in [-0.39, 0.29) is 0 Å². The first kappa shape index (κ1) is 14.3. The van der Waals surface area contributed by atoms with Gasteiger partial charge in [-0.1, -0.05) is 20.8 Å². The summed E-state index contributed by atoms with van der Waals surface area (Å²) in [5.74, 6) is -4.33. The molecule has 0 aromatic carbocycles. The Balaban J connectivity index is 4.24. The average molecular weight is 222 g/mol. The number of carbonyl (C=O) groups excluding carboxylic acids is 1. The molecule has 4 heteroatoms. The molecule has 0 aromatic heterocycles. The van der Waals surface area contributed by atoms with E-state index in [0.29, 0.717) is 6.42 Å². The summed E-state index contributed by atoms with van der Waals surface area (Å²) >= 11 is 0. The van der Waals surface area contributed by atoms with Crippen molar-refractivity contribution in [3.63, 3.8) is 0 Å². The lowest BCUT2D eigenvalue weighted by molar-refractivity contribution is -0.169. The Hall–Kier alpha value is -0.670. The van der Waals surface area contributed by atoms with Crippen LogP contribution in [0, 0.1) is 11.3 Å². The topological polar surface area (TPSA) is 26.3 Å². The molecule has 0 unspecified atom stereocenters. The minimum absolute atomic E-state index is 0.565. The van der Waals surface area contributed by atoms with Crippen molar-refractivity contribution in [1.29, 1.82) is 0 Å². The maximum Gasteiger partial charge on any atom is 0.311 e. The van der Waals surface area contributed by atoms with Crippen LogP contribution in [-0.2, 0) is 9.53 Å². The van der Waals surface area contributed by atoms with Gasteiger partial charge in [-0.15, -0.1) is 0 Å². The van der Waals surface area contributed by atoms with Crippen LogP contribution in [0.15, 0.2) is 0 Å². The number of hydrogen-bond donors (Lipinski definition) is 0. The molecule has 0 radical (unpaired) electrons. The highest BCUT2D eigenvalue weighted by molar-refractivity contribution is 5.75. The molecule has 0 amide bonds. The first-order valence-electron chi connectivity index (χ1n) is 5.18. The predicted octanol–water partition coefficient (Wildman–Crippen LogP) is 3.26. The van der Waals surface area contributed by atoms with E-state index in [1.807, 2.05) is 6.92 Å². The third-order valence-corrected chi connectivity index (χ3v) is 2.68. The summed E-state index contributed by atoms with van der Waals surface area (Å²) < 4.78 is 30.9. The lowest BCUT2D eigenvalue weighted by Crippen LogP contribution is -2.35. The van der Waals surface area contributed by atoms with E-state index in [4.69, 9.17) is 0 Å². The van der Waals surface area contributed by atoms with Gasteiger partial charge in [-0.3, -0.25) is 4.79 Å². The standard InChI is InChI=1S/C11H20F2O2/c1-6-10(4,5)9(14)15-7-11(12,13)8(2)3/h8H,6-7H2,1-5H3. The summed E-state index contributed by atoms with van der Waals surface area (Å²) in [7, 11) is 0. The lowest BCUT2D eigenvalue weighted by Gasteiger charge is -2.24. The fourth-order valence-electron chi connectivity index (χ4n) is 0.668. The van der Waals surface area contributed by atoms with Crippen LogP contribution in [0.3, 0.4) is 0 Å². The van der Waals surface area contributed by atoms with Crippen LogP contribution >= 0.6 is 0 Å². The first-order chi connectivity index (χ1) is 6.63. The molecule has 0 atom stereocenters. The molecule has 0 saturated carbocycles. The number of rotatable bonds is 5. The molecular formula is C11H20F2O2. The Bertz CT molecular complexity index is 223. The molecule has 90 valence electrons. The summed E-state index contributed by atoms with van der Waals surface area (Å²) in [5, 5.41) is 0. The van der Waals surface area contributed by atoms with Crippen molar-refractivity contribution in [2.24, 2.45) is 11.3 Å². The van der Waals surface area contributed by atoms with Gasteiger partial charge in [-0.2, -0.15) is 0 Å². The van der Waals surface area contributed by atoms with Crippen molar-refractivity contribution < 1.29 is 18.3 Å². The van der Waals surface area contributed by atoms with Gasteiger partial charge in [-0.25, -0.2) is 8.78 Å². The zero-order chi connectivity index (χ0) is 12.3. The van der Waals surface area contributed by atoms with E-state index in [1.165, 1.54) is 13.8 Å². The van der Waals surface area contributed by atoms with Crippen molar-refractivity contribution in [1.82, 2.24) is 0 Å². The van der Waals surface area contributed by atoms with Crippen LogP contribution < -0.4 is 0 Å². The highest BCUT2D eigenvalue weighted by Gasteiger charge is 2.37. The van der Waals surface area contributed by atoms with Gasteiger partial charge in [0.1, 0.15) is 0 Å². The van der Waals surface area contributed by atoms with Gasteiger partial charge in [0.2, 0.25) is 0 Å². The molecule has 0 rings (SSSR count). The molecule has 0 aliphatic carbocycles. The van der Waals surface area contributed by atoms with Gasteiger partial charge in [0.15, 0.2) is 6.61 Å². The number of alkyl halides is 2. The van der Waals surface area contributed by atoms with E-state index >= 15 is 0 Å². The number of hydrogen-bond acceptors (Lipinski definition) is 2. The molecule has 2 nitrogen and oxygen atoms in total. The van der Waals surface area contributed by atoms with Gasteiger partial charge in [0, 0.05) is 5.92 Å². The summed E-state index contributed by atoms with van der Waals surface area (Å²) in [5.41, 5.74) is -0.687. The Morgan fingerprint density at radius 3 is 2.13 bits per heavy atom. The third-order valence-electron chi connectivity index (χ3n) is 2.68. The number of halogens is 2. The van der Waals surface area contributed by atoms with E-state index < -0.39 is 29.8 Å². The number of esters is 1. The Kier molecular flexibility index (Phi) is 4.68. The van der Waals surface area contributed by atoms with Crippen LogP contribution in [0.2, 0.25) is 0 Å². The van der Waals surface area contributed by atoms with Crippen molar-refractivity contribution in [2.75, 3.05) is 6.61 Å². The highest BCUT2D eigenvalue weighted by Crippen LogP contribution is 2.27. The molecule has 0 aliphatic rings. The van der Waals surface area contributed by atoms with Crippen LogP contribution in [0.25, 0.3) is 0 Å². The fourth-order valence-corrected chi connectivity index (χ4v) is 0.668. The molecule has 0 aromatic rings. The molecule has 0 fully saturated rings. The molecule has 0 N–H and O–H groups in total. The predicted molar refractivity (Wildman–Crippen MR) is 54.8 cm³/mol. The highest BCUT2D eigenvalue weighted by atomic mass is 19.3. The smallest absolute Gasteiger partial charge is 0.311 e. The lowest BCUT2D eigenvalue weighted by atomic mass is 9.91. The second-order valence-electron chi connectivity index (χ2n) is 4.73. The molecule has 15 heavy (non-hydrogen) atoms. The van der Waals surface area contributed by atoms with Gasteiger partial charge < -0.3 is 4.74 Å². The van der Waals surface area contributed by atoms with Crippen LogP contribution in [-0.4, -0.2) is 18.5 Å². The summed E-state index contributed by atoms with van der Waals surface area (Å²) in [6.07, 6.45) is 0.569. The van der Waals surface area contributed by atoms with Crippen LogP contribution in [0.1, 0.15) is 41.0 Å².